The highest BCUT2D eigenvalue weighted by molar-refractivity contribution is 5.25. The Balaban J connectivity index is 2.27. The van der Waals surface area contributed by atoms with Crippen molar-refractivity contribution in [2.45, 2.75) is 19.4 Å². The first-order valence-corrected chi connectivity index (χ1v) is 6.14. The summed E-state index contributed by atoms with van der Waals surface area (Å²) < 4.78 is 26.6. The number of hydrogen-bond acceptors (Lipinski definition) is 2. The molecule has 1 unspecified atom stereocenters. The second-order valence-corrected chi connectivity index (χ2v) is 4.49. The number of rotatable bonds is 4. The zero-order chi connectivity index (χ0) is 13.8. The van der Waals surface area contributed by atoms with Crippen molar-refractivity contribution >= 4 is 0 Å². The second kappa shape index (κ2) is 5.89. The molecule has 100 valence electrons. The quantitative estimate of drug-likeness (QED) is 0.915. The van der Waals surface area contributed by atoms with Crippen LogP contribution < -0.4 is 5.32 Å². The third-order valence-electron chi connectivity index (χ3n) is 3.17. The molecule has 2 rings (SSSR count). The number of halogens is 2. The fourth-order valence-corrected chi connectivity index (χ4v) is 2.11. The second-order valence-electron chi connectivity index (χ2n) is 4.49. The zero-order valence-corrected chi connectivity index (χ0v) is 11.0. The van der Waals surface area contributed by atoms with Gasteiger partial charge < -0.3 is 5.32 Å². The molecule has 2 nitrogen and oxygen atoms in total. The zero-order valence-electron chi connectivity index (χ0n) is 11.0. The van der Waals surface area contributed by atoms with Gasteiger partial charge in [-0.15, -0.1) is 0 Å². The molecule has 0 aliphatic heterocycles. The van der Waals surface area contributed by atoms with E-state index in [1.165, 1.54) is 12.1 Å². The first-order chi connectivity index (χ1) is 9.11. The minimum atomic E-state index is -0.559. The summed E-state index contributed by atoms with van der Waals surface area (Å²) in [7, 11) is 1.81. The van der Waals surface area contributed by atoms with Crippen LogP contribution in [0.25, 0.3) is 0 Å². The van der Waals surface area contributed by atoms with Gasteiger partial charge >= 0.3 is 0 Å². The van der Waals surface area contributed by atoms with Crippen LogP contribution in [0.1, 0.15) is 22.9 Å². The molecule has 0 fully saturated rings. The molecule has 19 heavy (non-hydrogen) atoms. The maximum atomic E-state index is 13.7. The molecule has 1 aromatic heterocycles. The van der Waals surface area contributed by atoms with Gasteiger partial charge in [-0.1, -0.05) is 12.1 Å². The summed E-state index contributed by atoms with van der Waals surface area (Å²) in [4.78, 5) is 4.33. The summed E-state index contributed by atoms with van der Waals surface area (Å²) in [6, 6.07) is 7.40. The van der Waals surface area contributed by atoms with E-state index in [1.54, 1.807) is 13.2 Å². The summed E-state index contributed by atoms with van der Waals surface area (Å²) >= 11 is 0. The van der Waals surface area contributed by atoms with E-state index in [2.05, 4.69) is 10.3 Å². The van der Waals surface area contributed by atoms with E-state index in [4.69, 9.17) is 0 Å². The smallest absolute Gasteiger partial charge is 0.129 e. The van der Waals surface area contributed by atoms with Gasteiger partial charge in [-0.2, -0.15) is 0 Å². The lowest BCUT2D eigenvalue weighted by molar-refractivity contribution is 0.532. The normalized spacial score (nSPS) is 12.4. The molecule has 0 bridgehead atoms. The summed E-state index contributed by atoms with van der Waals surface area (Å²) in [6.45, 7) is 1.97. The predicted octanol–water partition coefficient (Wildman–Crippen LogP) is 3.17. The van der Waals surface area contributed by atoms with Gasteiger partial charge in [0.1, 0.15) is 11.6 Å². The molecule has 0 spiro atoms. The number of benzene rings is 1. The third kappa shape index (κ3) is 3.15. The van der Waals surface area contributed by atoms with Crippen LogP contribution in [0.5, 0.6) is 0 Å². The molecule has 4 heteroatoms. The van der Waals surface area contributed by atoms with E-state index >= 15 is 0 Å². The summed E-state index contributed by atoms with van der Waals surface area (Å²) in [6.07, 6.45) is 2.15. The van der Waals surface area contributed by atoms with Crippen LogP contribution in [0, 0.1) is 18.6 Å². The fourth-order valence-electron chi connectivity index (χ4n) is 2.11. The Labute approximate surface area is 111 Å². The first kappa shape index (κ1) is 13.6. The topological polar surface area (TPSA) is 24.9 Å². The summed E-state index contributed by atoms with van der Waals surface area (Å²) in [5.74, 6) is -1.08. The van der Waals surface area contributed by atoms with Crippen LogP contribution in [0.4, 0.5) is 8.78 Å². The van der Waals surface area contributed by atoms with Gasteiger partial charge in [0.15, 0.2) is 0 Å². The highest BCUT2D eigenvalue weighted by Gasteiger charge is 2.16. The Morgan fingerprint density at radius 3 is 2.68 bits per heavy atom. The lowest BCUT2D eigenvalue weighted by atomic mass is 10.00. The van der Waals surface area contributed by atoms with Crippen molar-refractivity contribution in [2.75, 3.05) is 7.05 Å². The standard InChI is InChI=1S/C15H16F2N2/c1-10-4-3-7-19-15(10)14(18-2)8-11-5-6-12(16)9-13(11)17/h3-7,9,14,18H,8H2,1-2H3. The molecule has 1 aromatic carbocycles. The van der Waals surface area contributed by atoms with Crippen LogP contribution in [0.2, 0.25) is 0 Å². The highest BCUT2D eigenvalue weighted by atomic mass is 19.1. The maximum absolute atomic E-state index is 13.7. The van der Waals surface area contributed by atoms with Gasteiger partial charge in [0.2, 0.25) is 0 Å². The summed E-state index contributed by atoms with van der Waals surface area (Å²) in [5, 5.41) is 3.13. The van der Waals surface area contributed by atoms with Crippen LogP contribution in [0.3, 0.4) is 0 Å². The van der Waals surface area contributed by atoms with Gasteiger partial charge in [0.05, 0.1) is 11.7 Å². The van der Waals surface area contributed by atoms with Crippen molar-refractivity contribution < 1.29 is 8.78 Å². The molecule has 0 saturated heterocycles. The summed E-state index contributed by atoms with van der Waals surface area (Å²) in [5.41, 5.74) is 2.41. The monoisotopic (exact) mass is 262 g/mol. The molecule has 0 amide bonds. The molecule has 0 radical (unpaired) electrons. The Kier molecular flexibility index (Phi) is 4.22. The fraction of sp³-hybridized carbons (Fsp3) is 0.267. The van der Waals surface area contributed by atoms with Crippen LogP contribution in [-0.2, 0) is 6.42 Å². The Morgan fingerprint density at radius 1 is 1.26 bits per heavy atom. The third-order valence-corrected chi connectivity index (χ3v) is 3.17. The minimum Gasteiger partial charge on any atom is -0.311 e. The van der Waals surface area contributed by atoms with Crippen molar-refractivity contribution in [3.05, 3.63) is 65.0 Å². The number of aryl methyl sites for hydroxylation is 1. The van der Waals surface area contributed by atoms with Crippen LogP contribution in [-0.4, -0.2) is 12.0 Å². The van der Waals surface area contributed by atoms with Gasteiger partial charge in [-0.05, 0) is 43.7 Å². The van der Waals surface area contributed by atoms with Gasteiger partial charge in [0.25, 0.3) is 0 Å². The molecule has 2 aromatic rings. The van der Waals surface area contributed by atoms with E-state index in [0.717, 1.165) is 17.3 Å². The molecule has 1 heterocycles. The minimum absolute atomic E-state index is 0.0961. The Hall–Kier alpha value is -1.81. The first-order valence-electron chi connectivity index (χ1n) is 6.14. The molecule has 0 saturated carbocycles. The lowest BCUT2D eigenvalue weighted by Gasteiger charge is -2.18. The van der Waals surface area contributed by atoms with Crippen molar-refractivity contribution in [1.82, 2.24) is 10.3 Å². The van der Waals surface area contributed by atoms with E-state index in [1.807, 2.05) is 19.1 Å². The van der Waals surface area contributed by atoms with Crippen molar-refractivity contribution in [3.63, 3.8) is 0 Å². The van der Waals surface area contributed by atoms with E-state index < -0.39 is 11.6 Å². The number of aromatic nitrogens is 1. The number of likely N-dealkylation sites (N-methyl/N-ethyl adjacent to an activating group) is 1. The van der Waals surface area contributed by atoms with E-state index in [-0.39, 0.29) is 6.04 Å². The largest absolute Gasteiger partial charge is 0.311 e. The van der Waals surface area contributed by atoms with Gasteiger partial charge in [-0.25, -0.2) is 8.78 Å². The molecule has 1 atom stereocenters. The molecular weight excluding hydrogens is 246 g/mol. The van der Waals surface area contributed by atoms with E-state index in [9.17, 15) is 8.78 Å². The van der Waals surface area contributed by atoms with Crippen molar-refractivity contribution in [1.29, 1.82) is 0 Å². The number of pyridine rings is 1. The van der Waals surface area contributed by atoms with Crippen molar-refractivity contribution in [3.8, 4) is 0 Å². The average Bonchev–Trinajstić information content (AvgIpc) is 2.39. The Morgan fingerprint density at radius 2 is 2.05 bits per heavy atom. The molecule has 0 aliphatic carbocycles. The molecular formula is C15H16F2N2. The maximum Gasteiger partial charge on any atom is 0.129 e. The van der Waals surface area contributed by atoms with Gasteiger partial charge in [0, 0.05) is 12.3 Å². The molecule has 0 aliphatic rings. The predicted molar refractivity (Wildman–Crippen MR) is 70.8 cm³/mol. The average molecular weight is 262 g/mol. The lowest BCUT2D eigenvalue weighted by Crippen LogP contribution is -2.21. The number of hydrogen-bond donors (Lipinski definition) is 1. The van der Waals surface area contributed by atoms with Gasteiger partial charge in [-0.3, -0.25) is 4.98 Å². The van der Waals surface area contributed by atoms with E-state index in [0.29, 0.717) is 12.0 Å². The van der Waals surface area contributed by atoms with Crippen LogP contribution >= 0.6 is 0 Å². The Bertz CT molecular complexity index is 570. The van der Waals surface area contributed by atoms with Crippen LogP contribution in [0.15, 0.2) is 36.5 Å². The SMILES string of the molecule is CNC(Cc1ccc(F)cc1F)c1ncccc1C. The van der Waals surface area contributed by atoms with Crippen molar-refractivity contribution in [2.24, 2.45) is 0 Å². The number of nitrogens with zero attached hydrogens (tertiary/aromatic N) is 1. The highest BCUT2D eigenvalue weighted by Crippen LogP contribution is 2.21. The number of nitrogens with one attached hydrogen (secondary N) is 1. The molecule has 1 N–H and O–H groups in total.